The lowest BCUT2D eigenvalue weighted by molar-refractivity contribution is 0.0600. The zero-order chi connectivity index (χ0) is 23.5. The molecule has 0 saturated carbocycles. The number of esters is 1. The summed E-state index contributed by atoms with van der Waals surface area (Å²) in [6, 6.07) is 10.9. The van der Waals surface area contributed by atoms with Gasteiger partial charge in [-0.25, -0.2) is 17.5 Å². The second kappa shape index (κ2) is 9.76. The molecule has 0 radical (unpaired) electrons. The number of hydrogen-bond acceptors (Lipinski definition) is 6. The molecule has 32 heavy (non-hydrogen) atoms. The van der Waals surface area contributed by atoms with Crippen molar-refractivity contribution in [3.05, 3.63) is 58.4 Å². The molecular formula is C22H25N3O5S2. The van der Waals surface area contributed by atoms with E-state index in [1.165, 1.54) is 47.0 Å². The van der Waals surface area contributed by atoms with Gasteiger partial charge in [0.15, 0.2) is 4.80 Å². The Bertz CT molecular complexity index is 1320. The molecule has 0 aliphatic heterocycles. The molecule has 0 aliphatic carbocycles. The Balaban J connectivity index is 1.89. The van der Waals surface area contributed by atoms with Gasteiger partial charge in [-0.1, -0.05) is 24.7 Å². The van der Waals surface area contributed by atoms with E-state index in [0.717, 1.165) is 23.1 Å². The maximum absolute atomic E-state index is 12.7. The average molecular weight is 476 g/mol. The van der Waals surface area contributed by atoms with Gasteiger partial charge in [-0.2, -0.15) is 4.99 Å². The van der Waals surface area contributed by atoms with Gasteiger partial charge in [-0.05, 0) is 48.9 Å². The first-order valence-corrected chi connectivity index (χ1v) is 12.3. The smallest absolute Gasteiger partial charge is 0.337 e. The van der Waals surface area contributed by atoms with Crippen molar-refractivity contribution in [3.8, 4) is 0 Å². The molecule has 10 heteroatoms. The standard InChI is InChI=1S/C22H25N3O5S2/c1-5-6-13-24(2)32(28,29)17-10-7-15(8-11-17)20(26)23-22-25(3)18-12-9-16(21(27)30-4)14-19(18)31-22/h7-12,14H,5-6,13H2,1-4H3. The molecular weight excluding hydrogens is 450 g/mol. The number of sulfonamides is 1. The molecule has 2 aromatic carbocycles. The minimum atomic E-state index is -3.60. The lowest BCUT2D eigenvalue weighted by atomic mass is 10.2. The number of carbonyl (C=O) groups is 2. The number of rotatable bonds is 7. The normalized spacial score (nSPS) is 12.5. The Morgan fingerprint density at radius 2 is 1.78 bits per heavy atom. The third-order valence-electron chi connectivity index (χ3n) is 5.06. The summed E-state index contributed by atoms with van der Waals surface area (Å²) in [6.45, 7) is 2.44. The molecule has 0 saturated heterocycles. The zero-order valence-corrected chi connectivity index (χ0v) is 20.0. The summed E-state index contributed by atoms with van der Waals surface area (Å²) in [5.41, 5.74) is 1.53. The van der Waals surface area contributed by atoms with E-state index in [0.29, 0.717) is 16.9 Å². The molecule has 170 valence electrons. The number of amides is 1. The first kappa shape index (κ1) is 23.8. The fraction of sp³-hybridized carbons (Fsp3) is 0.318. The van der Waals surface area contributed by atoms with Crippen molar-refractivity contribution in [2.75, 3.05) is 20.7 Å². The van der Waals surface area contributed by atoms with E-state index < -0.39 is 21.9 Å². The van der Waals surface area contributed by atoms with Gasteiger partial charge in [0, 0.05) is 26.2 Å². The fourth-order valence-electron chi connectivity index (χ4n) is 3.09. The number of nitrogens with zero attached hydrogens (tertiary/aromatic N) is 3. The second-order valence-electron chi connectivity index (χ2n) is 7.24. The molecule has 0 atom stereocenters. The fourth-order valence-corrected chi connectivity index (χ4v) is 5.35. The van der Waals surface area contributed by atoms with Crippen LogP contribution in [0.15, 0.2) is 52.4 Å². The monoisotopic (exact) mass is 475 g/mol. The SMILES string of the molecule is CCCCN(C)S(=O)(=O)c1ccc(C(=O)N=c2sc3cc(C(=O)OC)ccc3n2C)cc1. The van der Waals surface area contributed by atoms with Crippen molar-refractivity contribution in [2.24, 2.45) is 12.0 Å². The zero-order valence-electron chi connectivity index (χ0n) is 18.4. The van der Waals surface area contributed by atoms with E-state index in [1.807, 2.05) is 6.92 Å². The summed E-state index contributed by atoms with van der Waals surface area (Å²) in [5, 5.41) is 0. The Morgan fingerprint density at radius 3 is 2.41 bits per heavy atom. The van der Waals surface area contributed by atoms with Crippen LogP contribution in [0.25, 0.3) is 10.2 Å². The van der Waals surface area contributed by atoms with E-state index in [4.69, 9.17) is 4.74 Å². The number of hydrogen-bond donors (Lipinski definition) is 0. The number of benzene rings is 2. The Kier molecular flexibility index (Phi) is 7.27. The molecule has 0 N–H and O–H groups in total. The summed E-state index contributed by atoms with van der Waals surface area (Å²) in [7, 11) is 1.05. The predicted octanol–water partition coefficient (Wildman–Crippen LogP) is 3.19. The van der Waals surface area contributed by atoms with Gasteiger partial charge in [0.1, 0.15) is 0 Å². The Morgan fingerprint density at radius 1 is 1.12 bits per heavy atom. The van der Waals surface area contributed by atoms with Crippen molar-refractivity contribution >= 4 is 43.5 Å². The average Bonchev–Trinajstić information content (AvgIpc) is 3.11. The number of carbonyl (C=O) groups excluding carboxylic acids is 2. The van der Waals surface area contributed by atoms with Crippen molar-refractivity contribution in [2.45, 2.75) is 24.7 Å². The van der Waals surface area contributed by atoms with Crippen LogP contribution in [-0.4, -0.2) is 49.9 Å². The van der Waals surface area contributed by atoms with E-state index >= 15 is 0 Å². The lowest BCUT2D eigenvalue weighted by Crippen LogP contribution is -2.27. The minimum Gasteiger partial charge on any atom is -0.465 e. The van der Waals surface area contributed by atoms with Crippen LogP contribution in [0.1, 0.15) is 40.5 Å². The predicted molar refractivity (Wildman–Crippen MR) is 123 cm³/mol. The molecule has 1 amide bonds. The van der Waals surface area contributed by atoms with Crippen molar-refractivity contribution < 1.29 is 22.7 Å². The van der Waals surface area contributed by atoms with E-state index in [2.05, 4.69) is 4.99 Å². The highest BCUT2D eigenvalue weighted by molar-refractivity contribution is 7.89. The topological polar surface area (TPSA) is 98.0 Å². The van der Waals surface area contributed by atoms with E-state index in [9.17, 15) is 18.0 Å². The van der Waals surface area contributed by atoms with Crippen molar-refractivity contribution in [1.29, 1.82) is 0 Å². The third-order valence-corrected chi connectivity index (χ3v) is 8.03. The Labute approximate surface area is 190 Å². The number of thiazole rings is 1. The lowest BCUT2D eigenvalue weighted by Gasteiger charge is -2.16. The van der Waals surface area contributed by atoms with Crippen LogP contribution in [0.5, 0.6) is 0 Å². The summed E-state index contributed by atoms with van der Waals surface area (Å²) in [6.07, 6.45) is 1.67. The second-order valence-corrected chi connectivity index (χ2v) is 10.3. The highest BCUT2D eigenvalue weighted by Crippen LogP contribution is 2.20. The number of ether oxygens (including phenoxy) is 1. The first-order chi connectivity index (χ1) is 15.2. The number of unbranched alkanes of at least 4 members (excludes halogenated alkanes) is 1. The molecule has 0 aliphatic rings. The van der Waals surface area contributed by atoms with Gasteiger partial charge in [0.25, 0.3) is 5.91 Å². The maximum atomic E-state index is 12.7. The van der Waals surface area contributed by atoms with Crippen LogP contribution in [-0.2, 0) is 21.8 Å². The van der Waals surface area contributed by atoms with Crippen molar-refractivity contribution in [3.63, 3.8) is 0 Å². The van der Waals surface area contributed by atoms with Crippen molar-refractivity contribution in [1.82, 2.24) is 8.87 Å². The number of aromatic nitrogens is 1. The number of aryl methyl sites for hydroxylation is 1. The van der Waals surface area contributed by atoms with Gasteiger partial charge in [0.05, 0.1) is 27.8 Å². The van der Waals surface area contributed by atoms with Gasteiger partial charge >= 0.3 is 5.97 Å². The van der Waals surface area contributed by atoms with Gasteiger partial charge in [0.2, 0.25) is 10.0 Å². The first-order valence-electron chi connectivity index (χ1n) is 10.0. The minimum absolute atomic E-state index is 0.135. The highest BCUT2D eigenvalue weighted by atomic mass is 32.2. The summed E-state index contributed by atoms with van der Waals surface area (Å²) in [4.78, 5) is 29.2. The van der Waals surface area contributed by atoms with Crippen LogP contribution in [0, 0.1) is 0 Å². The maximum Gasteiger partial charge on any atom is 0.337 e. The molecule has 1 heterocycles. The number of fused-ring (bicyclic) bond motifs is 1. The summed E-state index contributed by atoms with van der Waals surface area (Å²) < 4.78 is 33.9. The highest BCUT2D eigenvalue weighted by Gasteiger charge is 2.20. The van der Waals surface area contributed by atoms with Crippen LogP contribution < -0.4 is 4.80 Å². The van der Waals surface area contributed by atoms with Crippen LogP contribution in [0.2, 0.25) is 0 Å². The van der Waals surface area contributed by atoms with Gasteiger partial charge in [-0.15, -0.1) is 0 Å². The molecule has 8 nitrogen and oxygen atoms in total. The van der Waals surface area contributed by atoms with Crippen LogP contribution in [0.4, 0.5) is 0 Å². The molecule has 0 unspecified atom stereocenters. The summed E-state index contributed by atoms with van der Waals surface area (Å²) in [5.74, 6) is -0.920. The van der Waals surface area contributed by atoms with Crippen LogP contribution in [0.3, 0.4) is 0 Å². The molecule has 1 aromatic heterocycles. The Hall–Kier alpha value is -2.82. The van der Waals surface area contributed by atoms with Crippen LogP contribution >= 0.6 is 11.3 Å². The molecule has 3 rings (SSSR count). The quantitative estimate of drug-likeness (QED) is 0.489. The molecule has 0 spiro atoms. The van der Waals surface area contributed by atoms with E-state index in [1.54, 1.807) is 36.9 Å². The molecule has 0 fully saturated rings. The summed E-state index contributed by atoms with van der Waals surface area (Å²) >= 11 is 1.27. The molecule has 0 bridgehead atoms. The van der Waals surface area contributed by atoms with E-state index in [-0.39, 0.29) is 10.5 Å². The third kappa shape index (κ3) is 4.82. The van der Waals surface area contributed by atoms with Gasteiger partial charge in [-0.3, -0.25) is 4.79 Å². The largest absolute Gasteiger partial charge is 0.465 e. The number of methoxy groups -OCH3 is 1. The molecule has 3 aromatic rings. The van der Waals surface area contributed by atoms with Gasteiger partial charge < -0.3 is 9.30 Å².